The third-order valence-electron chi connectivity index (χ3n) is 3.62. The quantitative estimate of drug-likeness (QED) is 0.928. The van der Waals surface area contributed by atoms with E-state index in [1.807, 2.05) is 7.05 Å². The second kappa shape index (κ2) is 5.97. The van der Waals surface area contributed by atoms with Crippen molar-refractivity contribution < 1.29 is 12.8 Å². The molecule has 1 aromatic rings. The van der Waals surface area contributed by atoms with Gasteiger partial charge in [-0.2, -0.15) is 4.31 Å². The molecule has 1 aliphatic rings. The third kappa shape index (κ3) is 2.98. The molecule has 0 aliphatic carbocycles. The summed E-state index contributed by atoms with van der Waals surface area (Å²) in [5.74, 6) is -0.499. The lowest BCUT2D eigenvalue weighted by Crippen LogP contribution is -2.46. The Balaban J connectivity index is 2.37. The first-order valence-electron chi connectivity index (χ1n) is 6.49. The van der Waals surface area contributed by atoms with Gasteiger partial charge in [0.1, 0.15) is 10.7 Å². The number of nitrogens with one attached hydrogen (secondary N) is 1. The lowest BCUT2D eigenvalue weighted by atomic mass is 10.1. The molecule has 20 heavy (non-hydrogen) atoms. The topological polar surface area (TPSA) is 49.4 Å². The standard InChI is InChI=1S/C13H18ClFN2O2S/c1-9-6-13(11(14)7-12(9)15)20(18,19)17-5-3-4-10(8-17)16-2/h6-7,10,16H,3-5,8H2,1-2H3. The van der Waals surface area contributed by atoms with Crippen LogP contribution in [0.15, 0.2) is 17.0 Å². The van der Waals surface area contributed by atoms with Crippen LogP contribution in [-0.4, -0.2) is 38.9 Å². The first-order valence-corrected chi connectivity index (χ1v) is 8.31. The largest absolute Gasteiger partial charge is 0.316 e. The highest BCUT2D eigenvalue weighted by Gasteiger charge is 2.31. The van der Waals surface area contributed by atoms with E-state index >= 15 is 0 Å². The molecule has 1 unspecified atom stereocenters. The number of piperidine rings is 1. The van der Waals surface area contributed by atoms with Crippen molar-refractivity contribution in [3.63, 3.8) is 0 Å². The van der Waals surface area contributed by atoms with Gasteiger partial charge in [-0.15, -0.1) is 0 Å². The van der Waals surface area contributed by atoms with Crippen LogP contribution >= 0.6 is 11.6 Å². The average molecular weight is 321 g/mol. The summed E-state index contributed by atoms with van der Waals surface area (Å²) in [6.07, 6.45) is 1.74. The molecule has 1 aromatic carbocycles. The van der Waals surface area contributed by atoms with Gasteiger partial charge in [0.25, 0.3) is 0 Å². The van der Waals surface area contributed by atoms with Crippen LogP contribution in [0.2, 0.25) is 5.02 Å². The number of sulfonamides is 1. The first kappa shape index (κ1) is 15.7. The van der Waals surface area contributed by atoms with Crippen LogP contribution in [0, 0.1) is 12.7 Å². The number of benzene rings is 1. The summed E-state index contributed by atoms with van der Waals surface area (Å²) in [5.41, 5.74) is 0.273. The van der Waals surface area contributed by atoms with Crippen LogP contribution in [0.5, 0.6) is 0 Å². The minimum atomic E-state index is -3.68. The molecule has 0 saturated carbocycles. The van der Waals surface area contributed by atoms with E-state index in [1.54, 1.807) is 0 Å². The zero-order valence-corrected chi connectivity index (χ0v) is 13.1. The molecule has 1 aliphatic heterocycles. The summed E-state index contributed by atoms with van der Waals surface area (Å²) in [6.45, 7) is 2.40. The van der Waals surface area contributed by atoms with E-state index in [0.29, 0.717) is 13.1 Å². The molecule has 0 bridgehead atoms. The summed E-state index contributed by atoms with van der Waals surface area (Å²) >= 11 is 5.91. The molecule has 0 amide bonds. The van der Waals surface area contributed by atoms with E-state index in [1.165, 1.54) is 17.3 Å². The zero-order chi connectivity index (χ0) is 14.9. The average Bonchev–Trinajstić information content (AvgIpc) is 2.42. The van der Waals surface area contributed by atoms with Gasteiger partial charge in [0, 0.05) is 19.1 Å². The summed E-state index contributed by atoms with van der Waals surface area (Å²) in [6, 6.07) is 2.50. The zero-order valence-electron chi connectivity index (χ0n) is 11.5. The predicted octanol–water partition coefficient (Wildman–Crippen LogP) is 2.16. The lowest BCUT2D eigenvalue weighted by molar-refractivity contribution is 0.293. The highest BCUT2D eigenvalue weighted by atomic mass is 35.5. The van der Waals surface area contributed by atoms with E-state index in [4.69, 9.17) is 11.6 Å². The highest BCUT2D eigenvalue weighted by Crippen LogP contribution is 2.29. The van der Waals surface area contributed by atoms with Gasteiger partial charge < -0.3 is 5.32 Å². The SMILES string of the molecule is CNC1CCCN(S(=O)(=O)c2cc(C)c(F)cc2Cl)C1. The molecule has 2 rings (SSSR count). The maximum atomic E-state index is 13.4. The van der Waals surface area contributed by atoms with Crippen molar-refractivity contribution >= 4 is 21.6 Å². The molecule has 1 N–H and O–H groups in total. The number of aryl methyl sites for hydroxylation is 1. The van der Waals surface area contributed by atoms with Gasteiger partial charge in [0.15, 0.2) is 0 Å². The summed E-state index contributed by atoms with van der Waals surface area (Å²) in [7, 11) is -1.86. The fourth-order valence-electron chi connectivity index (χ4n) is 2.36. The predicted molar refractivity (Wildman–Crippen MR) is 77.0 cm³/mol. The molecule has 0 radical (unpaired) electrons. The molecule has 1 fully saturated rings. The summed E-state index contributed by atoms with van der Waals surface area (Å²) in [4.78, 5) is -0.0187. The molecule has 4 nitrogen and oxygen atoms in total. The Morgan fingerprint density at radius 1 is 1.45 bits per heavy atom. The van der Waals surface area contributed by atoms with Gasteiger partial charge in [-0.05, 0) is 44.5 Å². The van der Waals surface area contributed by atoms with Gasteiger partial charge in [-0.1, -0.05) is 11.6 Å². The van der Waals surface area contributed by atoms with E-state index in [9.17, 15) is 12.8 Å². The monoisotopic (exact) mass is 320 g/mol. The van der Waals surface area contributed by atoms with Crippen LogP contribution in [0.25, 0.3) is 0 Å². The molecule has 1 heterocycles. The number of halogens is 2. The molecule has 0 aromatic heterocycles. The molecular formula is C13H18ClFN2O2S. The Morgan fingerprint density at radius 2 is 2.15 bits per heavy atom. The Labute approximate surface area is 124 Å². The number of hydrogen-bond acceptors (Lipinski definition) is 3. The minimum absolute atomic E-state index is 0.0187. The summed E-state index contributed by atoms with van der Waals surface area (Å²) in [5, 5.41) is 3.02. The van der Waals surface area contributed by atoms with Crippen molar-refractivity contribution in [3.05, 3.63) is 28.5 Å². The number of rotatable bonds is 3. The van der Waals surface area contributed by atoms with E-state index in [2.05, 4.69) is 5.32 Å². The second-order valence-electron chi connectivity index (χ2n) is 5.02. The normalized spacial score (nSPS) is 21.1. The Hall–Kier alpha value is -0.690. The number of nitrogens with zero attached hydrogens (tertiary/aromatic N) is 1. The van der Waals surface area contributed by atoms with Gasteiger partial charge in [0.05, 0.1) is 5.02 Å². The summed E-state index contributed by atoms with van der Waals surface area (Å²) < 4.78 is 40.1. The maximum absolute atomic E-state index is 13.4. The van der Waals surface area contributed by atoms with Crippen LogP contribution in [0.3, 0.4) is 0 Å². The highest BCUT2D eigenvalue weighted by molar-refractivity contribution is 7.89. The van der Waals surface area contributed by atoms with Crippen LogP contribution in [-0.2, 0) is 10.0 Å². The van der Waals surface area contributed by atoms with Crippen molar-refractivity contribution in [2.45, 2.75) is 30.7 Å². The number of likely N-dealkylation sites (N-methyl/N-ethyl adjacent to an activating group) is 1. The van der Waals surface area contributed by atoms with Crippen molar-refractivity contribution in [2.75, 3.05) is 20.1 Å². The number of hydrogen-bond donors (Lipinski definition) is 1. The molecule has 112 valence electrons. The van der Waals surface area contributed by atoms with Crippen LogP contribution in [0.4, 0.5) is 4.39 Å². The molecule has 7 heteroatoms. The van der Waals surface area contributed by atoms with Crippen molar-refractivity contribution in [1.82, 2.24) is 9.62 Å². The Morgan fingerprint density at radius 3 is 2.80 bits per heavy atom. The smallest absolute Gasteiger partial charge is 0.244 e. The van der Waals surface area contributed by atoms with Crippen molar-refractivity contribution in [1.29, 1.82) is 0 Å². The van der Waals surface area contributed by atoms with Crippen molar-refractivity contribution in [3.8, 4) is 0 Å². The van der Waals surface area contributed by atoms with E-state index in [-0.39, 0.29) is 21.5 Å². The fraction of sp³-hybridized carbons (Fsp3) is 0.538. The Bertz CT molecular complexity index is 607. The van der Waals surface area contributed by atoms with Gasteiger partial charge in [-0.3, -0.25) is 0 Å². The van der Waals surface area contributed by atoms with E-state index < -0.39 is 15.8 Å². The first-order chi connectivity index (χ1) is 9.36. The van der Waals surface area contributed by atoms with Gasteiger partial charge >= 0.3 is 0 Å². The van der Waals surface area contributed by atoms with E-state index in [0.717, 1.165) is 18.9 Å². The Kier molecular flexibility index (Phi) is 4.69. The van der Waals surface area contributed by atoms with Gasteiger partial charge in [-0.25, -0.2) is 12.8 Å². The van der Waals surface area contributed by atoms with Gasteiger partial charge in [0.2, 0.25) is 10.0 Å². The molecule has 1 saturated heterocycles. The van der Waals surface area contributed by atoms with Crippen molar-refractivity contribution in [2.24, 2.45) is 0 Å². The lowest BCUT2D eigenvalue weighted by Gasteiger charge is -2.32. The molecular weight excluding hydrogens is 303 g/mol. The second-order valence-corrected chi connectivity index (χ2v) is 7.34. The molecule has 0 spiro atoms. The van der Waals surface area contributed by atoms with Crippen LogP contribution < -0.4 is 5.32 Å². The fourth-order valence-corrected chi connectivity index (χ4v) is 4.46. The minimum Gasteiger partial charge on any atom is -0.316 e. The van der Waals surface area contributed by atoms with Crippen LogP contribution in [0.1, 0.15) is 18.4 Å². The maximum Gasteiger partial charge on any atom is 0.244 e. The molecule has 1 atom stereocenters. The third-order valence-corrected chi connectivity index (χ3v) is 5.95.